The highest BCUT2D eigenvalue weighted by molar-refractivity contribution is 5.19. The van der Waals surface area contributed by atoms with Crippen molar-refractivity contribution in [3.63, 3.8) is 0 Å². The van der Waals surface area contributed by atoms with Gasteiger partial charge >= 0.3 is 6.18 Å². The highest BCUT2D eigenvalue weighted by Gasteiger charge is 2.32. The first-order valence-corrected chi connectivity index (χ1v) is 5.80. The zero-order valence-electron chi connectivity index (χ0n) is 10.1. The van der Waals surface area contributed by atoms with E-state index in [0.717, 1.165) is 6.42 Å². The second kappa shape index (κ2) is 6.05. The van der Waals surface area contributed by atoms with E-state index in [1.54, 1.807) is 30.3 Å². The first kappa shape index (κ1) is 14.0. The van der Waals surface area contributed by atoms with Crippen LogP contribution in [0.1, 0.15) is 38.3 Å². The molecule has 0 aromatic heterocycles. The highest BCUT2D eigenvalue weighted by atomic mass is 19.4. The summed E-state index contributed by atoms with van der Waals surface area (Å²) < 4.78 is 37.5. The van der Waals surface area contributed by atoms with Crippen molar-refractivity contribution in [2.75, 3.05) is 0 Å². The lowest BCUT2D eigenvalue weighted by Crippen LogP contribution is -2.33. The Labute approximate surface area is 100 Å². The first-order valence-electron chi connectivity index (χ1n) is 5.80. The number of hydrogen-bond acceptors (Lipinski definition) is 1. The van der Waals surface area contributed by atoms with Crippen LogP contribution < -0.4 is 5.32 Å². The molecule has 1 N–H and O–H groups in total. The molecule has 0 radical (unpaired) electrons. The van der Waals surface area contributed by atoms with Crippen LogP contribution in [0.25, 0.3) is 0 Å². The molecule has 0 aliphatic heterocycles. The molecular weight excluding hydrogens is 227 g/mol. The lowest BCUT2D eigenvalue weighted by molar-refractivity contribution is -0.140. The highest BCUT2D eigenvalue weighted by Crippen LogP contribution is 2.29. The Balaban J connectivity index is 2.79. The van der Waals surface area contributed by atoms with Gasteiger partial charge in [-0.2, -0.15) is 13.2 Å². The summed E-state index contributed by atoms with van der Waals surface area (Å²) in [5, 5.41) is 3.02. The average molecular weight is 245 g/mol. The van der Waals surface area contributed by atoms with Gasteiger partial charge in [-0.25, -0.2) is 0 Å². The molecule has 1 rings (SSSR count). The van der Waals surface area contributed by atoms with Gasteiger partial charge in [0, 0.05) is 12.1 Å². The lowest BCUT2D eigenvalue weighted by atomic mass is 10.0. The third kappa shape index (κ3) is 5.22. The summed E-state index contributed by atoms with van der Waals surface area (Å²) >= 11 is 0. The van der Waals surface area contributed by atoms with Crippen molar-refractivity contribution < 1.29 is 13.2 Å². The summed E-state index contributed by atoms with van der Waals surface area (Å²) in [5.74, 6) is 0. The van der Waals surface area contributed by atoms with Crippen LogP contribution in [0.15, 0.2) is 30.3 Å². The minimum absolute atomic E-state index is 0.0718. The summed E-state index contributed by atoms with van der Waals surface area (Å²) in [5.41, 5.74) is 0.685. The molecule has 2 atom stereocenters. The van der Waals surface area contributed by atoms with Gasteiger partial charge in [0.1, 0.15) is 0 Å². The lowest BCUT2D eigenvalue weighted by Gasteiger charge is -2.24. The van der Waals surface area contributed by atoms with Gasteiger partial charge in [-0.15, -0.1) is 0 Å². The fourth-order valence-electron chi connectivity index (χ4n) is 1.65. The summed E-state index contributed by atoms with van der Waals surface area (Å²) in [4.78, 5) is 0. The van der Waals surface area contributed by atoms with Crippen LogP contribution in [0.2, 0.25) is 0 Å². The van der Waals surface area contributed by atoms with Crippen molar-refractivity contribution in [2.45, 2.75) is 44.9 Å². The normalized spacial score (nSPS) is 15.6. The van der Waals surface area contributed by atoms with Crippen molar-refractivity contribution >= 4 is 0 Å². The summed E-state index contributed by atoms with van der Waals surface area (Å²) in [6.07, 6.45) is -4.18. The van der Waals surface area contributed by atoms with Crippen LogP contribution >= 0.6 is 0 Å². The Hall–Kier alpha value is -1.03. The van der Waals surface area contributed by atoms with E-state index in [4.69, 9.17) is 0 Å². The fraction of sp³-hybridized carbons (Fsp3) is 0.538. The second-order valence-corrected chi connectivity index (χ2v) is 4.26. The van der Waals surface area contributed by atoms with E-state index in [2.05, 4.69) is 5.32 Å². The number of benzene rings is 1. The maximum absolute atomic E-state index is 12.5. The van der Waals surface area contributed by atoms with Crippen molar-refractivity contribution in [2.24, 2.45) is 0 Å². The van der Waals surface area contributed by atoms with Crippen LogP contribution in [-0.2, 0) is 0 Å². The molecule has 0 heterocycles. The maximum Gasteiger partial charge on any atom is 0.390 e. The van der Waals surface area contributed by atoms with Crippen LogP contribution in [0.5, 0.6) is 0 Å². The average Bonchev–Trinajstić information content (AvgIpc) is 2.27. The molecule has 1 aromatic carbocycles. The van der Waals surface area contributed by atoms with Gasteiger partial charge in [0.15, 0.2) is 0 Å². The SMILES string of the molecule is CCC(C)NC(CC(F)(F)F)c1ccccc1. The van der Waals surface area contributed by atoms with E-state index in [9.17, 15) is 13.2 Å². The number of hydrogen-bond donors (Lipinski definition) is 1. The van der Waals surface area contributed by atoms with Gasteiger partial charge in [-0.3, -0.25) is 0 Å². The molecule has 0 spiro atoms. The Morgan fingerprint density at radius 2 is 1.76 bits per heavy atom. The molecule has 0 bridgehead atoms. The Morgan fingerprint density at radius 1 is 1.18 bits per heavy atom. The molecule has 1 aromatic rings. The molecule has 0 aliphatic rings. The summed E-state index contributed by atoms with van der Waals surface area (Å²) in [6, 6.07) is 8.19. The van der Waals surface area contributed by atoms with E-state index in [-0.39, 0.29) is 6.04 Å². The van der Waals surface area contributed by atoms with Crippen LogP contribution in [0, 0.1) is 0 Å². The Morgan fingerprint density at radius 3 is 2.24 bits per heavy atom. The number of rotatable bonds is 5. The van der Waals surface area contributed by atoms with Crippen LogP contribution in [0.4, 0.5) is 13.2 Å². The predicted octanol–water partition coefficient (Wildman–Crippen LogP) is 4.07. The zero-order chi connectivity index (χ0) is 12.9. The van der Waals surface area contributed by atoms with Crippen LogP contribution in [-0.4, -0.2) is 12.2 Å². The molecule has 2 unspecified atom stereocenters. The zero-order valence-corrected chi connectivity index (χ0v) is 10.1. The molecular formula is C13H18F3N. The molecule has 0 amide bonds. The fourth-order valence-corrected chi connectivity index (χ4v) is 1.65. The third-order valence-electron chi connectivity index (χ3n) is 2.74. The van der Waals surface area contributed by atoms with Crippen molar-refractivity contribution in [3.05, 3.63) is 35.9 Å². The number of halogens is 3. The Bertz CT molecular complexity index is 321. The van der Waals surface area contributed by atoms with Gasteiger partial charge in [0.25, 0.3) is 0 Å². The molecule has 0 saturated heterocycles. The van der Waals surface area contributed by atoms with E-state index in [0.29, 0.717) is 5.56 Å². The second-order valence-electron chi connectivity index (χ2n) is 4.26. The molecule has 0 aliphatic carbocycles. The molecule has 0 saturated carbocycles. The topological polar surface area (TPSA) is 12.0 Å². The van der Waals surface area contributed by atoms with E-state index in [1.165, 1.54) is 0 Å². The first-order chi connectivity index (χ1) is 7.92. The smallest absolute Gasteiger partial charge is 0.307 e. The standard InChI is InChI=1S/C13H18F3N/c1-3-10(2)17-12(9-13(14,15)16)11-7-5-4-6-8-11/h4-8,10,12,17H,3,9H2,1-2H3. The molecule has 4 heteroatoms. The van der Waals surface area contributed by atoms with Crippen molar-refractivity contribution in [1.29, 1.82) is 0 Å². The summed E-state index contributed by atoms with van der Waals surface area (Å²) in [7, 11) is 0. The van der Waals surface area contributed by atoms with Gasteiger partial charge in [0.05, 0.1) is 6.42 Å². The predicted molar refractivity (Wildman–Crippen MR) is 62.7 cm³/mol. The monoisotopic (exact) mass is 245 g/mol. The van der Waals surface area contributed by atoms with Gasteiger partial charge in [-0.05, 0) is 18.9 Å². The largest absolute Gasteiger partial charge is 0.390 e. The van der Waals surface area contributed by atoms with Crippen LogP contribution in [0.3, 0.4) is 0 Å². The summed E-state index contributed by atoms with van der Waals surface area (Å²) in [6.45, 7) is 3.85. The van der Waals surface area contributed by atoms with E-state index < -0.39 is 18.6 Å². The quantitative estimate of drug-likeness (QED) is 0.824. The Kier molecular flexibility index (Phi) is 5.00. The molecule has 0 fully saturated rings. The van der Waals surface area contributed by atoms with Gasteiger partial charge in [-0.1, -0.05) is 37.3 Å². The van der Waals surface area contributed by atoms with Gasteiger partial charge in [0.2, 0.25) is 0 Å². The van der Waals surface area contributed by atoms with Crippen molar-refractivity contribution in [3.8, 4) is 0 Å². The minimum Gasteiger partial charge on any atom is -0.307 e. The number of alkyl halides is 3. The van der Waals surface area contributed by atoms with Crippen molar-refractivity contribution in [1.82, 2.24) is 5.32 Å². The van der Waals surface area contributed by atoms with E-state index >= 15 is 0 Å². The van der Waals surface area contributed by atoms with Gasteiger partial charge < -0.3 is 5.32 Å². The third-order valence-corrected chi connectivity index (χ3v) is 2.74. The number of nitrogens with one attached hydrogen (secondary N) is 1. The minimum atomic E-state index is -4.15. The maximum atomic E-state index is 12.5. The molecule has 1 nitrogen and oxygen atoms in total. The molecule has 17 heavy (non-hydrogen) atoms. The van der Waals surface area contributed by atoms with E-state index in [1.807, 2.05) is 13.8 Å². The molecule has 96 valence electrons.